The minimum Gasteiger partial charge on any atom is -0.368 e. The van der Waals surface area contributed by atoms with Crippen LogP contribution in [0.4, 0.5) is 24.8 Å². The highest BCUT2D eigenvalue weighted by Gasteiger charge is 2.31. The maximum absolute atomic E-state index is 13.0. The van der Waals surface area contributed by atoms with E-state index in [0.29, 0.717) is 48.5 Å². The van der Waals surface area contributed by atoms with Crippen LogP contribution in [0.25, 0.3) is 22.4 Å². The van der Waals surface area contributed by atoms with E-state index in [9.17, 15) is 13.2 Å². The number of fused-ring (bicyclic) bond motifs is 1. The molecule has 0 radical (unpaired) electrons. The Bertz CT molecular complexity index is 1240. The molecule has 0 amide bonds. The fourth-order valence-corrected chi connectivity index (χ4v) is 3.99. The number of halogens is 4. The first-order valence-electron chi connectivity index (χ1n) is 10.2. The van der Waals surface area contributed by atoms with Gasteiger partial charge >= 0.3 is 6.18 Å². The summed E-state index contributed by atoms with van der Waals surface area (Å²) in [5, 5.41) is 0.668. The number of aromatic amines is 1. The molecule has 5 rings (SSSR count). The Balaban J connectivity index is 1.31. The van der Waals surface area contributed by atoms with E-state index >= 15 is 0 Å². The highest BCUT2D eigenvalue weighted by molar-refractivity contribution is 6.30. The summed E-state index contributed by atoms with van der Waals surface area (Å²) >= 11 is 5.96. The summed E-state index contributed by atoms with van der Waals surface area (Å²) in [7, 11) is 0. The number of imidazole rings is 1. The number of aromatic nitrogens is 3. The van der Waals surface area contributed by atoms with Crippen molar-refractivity contribution >= 4 is 34.4 Å². The van der Waals surface area contributed by atoms with Gasteiger partial charge in [-0.3, -0.25) is 0 Å². The van der Waals surface area contributed by atoms with Crippen LogP contribution in [-0.4, -0.2) is 41.1 Å². The Hall–Kier alpha value is -3.26. The van der Waals surface area contributed by atoms with Crippen molar-refractivity contribution in [3.8, 4) is 11.3 Å². The van der Waals surface area contributed by atoms with Crippen molar-refractivity contribution in [2.24, 2.45) is 0 Å². The third-order valence-electron chi connectivity index (χ3n) is 5.59. The summed E-state index contributed by atoms with van der Waals surface area (Å²) in [5.41, 5.74) is 3.17. The van der Waals surface area contributed by atoms with E-state index in [1.807, 2.05) is 41.3 Å². The van der Waals surface area contributed by atoms with Crippen LogP contribution < -0.4 is 9.80 Å². The number of benzene rings is 2. The van der Waals surface area contributed by atoms with Crippen LogP contribution in [0, 0.1) is 0 Å². The van der Waals surface area contributed by atoms with Gasteiger partial charge in [0.05, 0.1) is 16.8 Å². The molecule has 0 saturated carbocycles. The molecular weight excluding hydrogens is 439 g/mol. The Labute approximate surface area is 187 Å². The van der Waals surface area contributed by atoms with Gasteiger partial charge in [0.15, 0.2) is 5.65 Å². The van der Waals surface area contributed by atoms with Gasteiger partial charge in [-0.15, -0.1) is 0 Å². The number of alkyl halides is 3. The molecule has 0 unspecified atom stereocenters. The Kier molecular flexibility index (Phi) is 5.17. The topological polar surface area (TPSA) is 48.1 Å². The highest BCUT2D eigenvalue weighted by atomic mass is 35.5. The normalized spacial score (nSPS) is 14.9. The maximum atomic E-state index is 13.0. The maximum Gasteiger partial charge on any atom is 0.416 e. The van der Waals surface area contributed by atoms with E-state index in [-0.39, 0.29) is 0 Å². The average molecular weight is 458 g/mol. The molecule has 0 spiro atoms. The van der Waals surface area contributed by atoms with Crippen molar-refractivity contribution < 1.29 is 13.2 Å². The molecule has 0 atom stereocenters. The highest BCUT2D eigenvalue weighted by Crippen LogP contribution is 2.32. The monoisotopic (exact) mass is 457 g/mol. The summed E-state index contributed by atoms with van der Waals surface area (Å²) in [5.74, 6) is 0.712. The van der Waals surface area contributed by atoms with Crippen molar-refractivity contribution in [1.82, 2.24) is 15.0 Å². The lowest BCUT2D eigenvalue weighted by Crippen LogP contribution is -2.47. The van der Waals surface area contributed by atoms with Gasteiger partial charge in [-0.1, -0.05) is 29.8 Å². The minimum absolute atomic E-state index is 0.582. The summed E-state index contributed by atoms with van der Waals surface area (Å²) in [6.07, 6.45) is -4.34. The first-order valence-corrected chi connectivity index (χ1v) is 10.5. The Morgan fingerprint density at radius 3 is 2.28 bits per heavy atom. The van der Waals surface area contributed by atoms with Gasteiger partial charge in [-0.2, -0.15) is 18.2 Å². The quantitative estimate of drug-likeness (QED) is 0.433. The molecule has 0 bridgehead atoms. The predicted octanol–water partition coefficient (Wildman–Crippen LogP) is 5.62. The number of hydrogen-bond acceptors (Lipinski definition) is 4. The number of nitrogens with one attached hydrogen (secondary N) is 1. The Morgan fingerprint density at radius 2 is 1.56 bits per heavy atom. The zero-order valence-corrected chi connectivity index (χ0v) is 17.7. The van der Waals surface area contributed by atoms with E-state index in [2.05, 4.69) is 19.9 Å². The molecule has 164 valence electrons. The number of piperazine rings is 1. The van der Waals surface area contributed by atoms with Gasteiger partial charge in [-0.25, -0.2) is 4.98 Å². The second kappa shape index (κ2) is 8.02. The lowest BCUT2D eigenvalue weighted by Gasteiger charge is -2.36. The molecule has 1 N–H and O–H groups in total. The lowest BCUT2D eigenvalue weighted by atomic mass is 10.1. The number of nitrogens with zero attached hydrogens (tertiary/aromatic N) is 4. The third kappa shape index (κ3) is 4.10. The number of anilines is 2. The first-order chi connectivity index (χ1) is 15.4. The smallest absolute Gasteiger partial charge is 0.368 e. The van der Waals surface area contributed by atoms with E-state index in [0.717, 1.165) is 22.8 Å². The van der Waals surface area contributed by atoms with Crippen LogP contribution in [0.5, 0.6) is 0 Å². The molecule has 1 aliphatic rings. The average Bonchev–Trinajstić information content (AvgIpc) is 3.23. The van der Waals surface area contributed by atoms with Gasteiger partial charge in [0.25, 0.3) is 0 Å². The van der Waals surface area contributed by atoms with Gasteiger partial charge in [0.1, 0.15) is 0 Å². The van der Waals surface area contributed by atoms with Crippen LogP contribution in [0.3, 0.4) is 0 Å². The SMILES string of the molecule is FC(F)(F)c1cccc(N2CCN(c3nc4nc(-c5ccc(Cl)cc5)ccc4[nH]3)CC2)c1. The van der Waals surface area contributed by atoms with Crippen LogP contribution >= 0.6 is 11.6 Å². The number of pyridine rings is 1. The van der Waals surface area contributed by atoms with E-state index in [1.165, 1.54) is 12.1 Å². The first kappa shape index (κ1) is 20.6. The number of hydrogen-bond donors (Lipinski definition) is 1. The molecule has 9 heteroatoms. The zero-order chi connectivity index (χ0) is 22.3. The summed E-state index contributed by atoms with van der Waals surface area (Å²) in [4.78, 5) is 16.7. The van der Waals surface area contributed by atoms with Crippen molar-refractivity contribution in [3.63, 3.8) is 0 Å². The largest absolute Gasteiger partial charge is 0.416 e. The Morgan fingerprint density at radius 1 is 0.844 bits per heavy atom. The lowest BCUT2D eigenvalue weighted by molar-refractivity contribution is -0.137. The van der Waals surface area contributed by atoms with Gasteiger partial charge in [0.2, 0.25) is 5.95 Å². The van der Waals surface area contributed by atoms with Gasteiger partial charge < -0.3 is 14.8 Å². The second-order valence-electron chi connectivity index (χ2n) is 7.66. The molecule has 5 nitrogen and oxygen atoms in total. The summed E-state index contributed by atoms with van der Waals surface area (Å²) < 4.78 is 39.1. The molecule has 32 heavy (non-hydrogen) atoms. The summed E-state index contributed by atoms with van der Waals surface area (Å²) in [6, 6.07) is 16.8. The molecule has 2 aromatic carbocycles. The van der Waals surface area contributed by atoms with Crippen molar-refractivity contribution in [1.29, 1.82) is 0 Å². The molecule has 1 saturated heterocycles. The van der Waals surface area contributed by atoms with Crippen LogP contribution in [0.2, 0.25) is 5.02 Å². The van der Waals surface area contributed by atoms with E-state index in [1.54, 1.807) is 6.07 Å². The third-order valence-corrected chi connectivity index (χ3v) is 5.84. The fourth-order valence-electron chi connectivity index (χ4n) is 3.87. The van der Waals surface area contributed by atoms with E-state index in [4.69, 9.17) is 11.6 Å². The molecule has 4 aromatic rings. The molecule has 2 aromatic heterocycles. The molecular formula is C23H19ClF3N5. The van der Waals surface area contributed by atoms with Gasteiger partial charge in [0, 0.05) is 42.5 Å². The van der Waals surface area contributed by atoms with Crippen molar-refractivity contribution in [3.05, 3.63) is 71.2 Å². The standard InChI is InChI=1S/C23H19ClF3N5/c24-17-6-4-15(5-7-17)19-8-9-20-21(28-19)30-22(29-20)32-12-10-31(11-13-32)18-3-1-2-16(14-18)23(25,26)27/h1-9,14H,10-13H2,(H,28,29,30). The van der Waals surface area contributed by atoms with Crippen LogP contribution in [-0.2, 0) is 6.18 Å². The fraction of sp³-hybridized carbons (Fsp3) is 0.217. The number of rotatable bonds is 3. The zero-order valence-electron chi connectivity index (χ0n) is 16.9. The molecule has 1 aliphatic heterocycles. The number of H-pyrrole nitrogens is 1. The summed E-state index contributed by atoms with van der Waals surface area (Å²) in [6.45, 7) is 2.48. The second-order valence-corrected chi connectivity index (χ2v) is 8.09. The van der Waals surface area contributed by atoms with Crippen molar-refractivity contribution in [2.75, 3.05) is 36.0 Å². The predicted molar refractivity (Wildman–Crippen MR) is 120 cm³/mol. The van der Waals surface area contributed by atoms with Crippen LogP contribution in [0.15, 0.2) is 60.7 Å². The van der Waals surface area contributed by atoms with Gasteiger partial charge in [-0.05, 0) is 42.5 Å². The van der Waals surface area contributed by atoms with Crippen molar-refractivity contribution in [2.45, 2.75) is 6.18 Å². The molecule has 3 heterocycles. The van der Waals surface area contributed by atoms with Crippen LogP contribution in [0.1, 0.15) is 5.56 Å². The van der Waals surface area contributed by atoms with E-state index < -0.39 is 11.7 Å². The molecule has 0 aliphatic carbocycles. The minimum atomic E-state index is -4.34. The molecule has 1 fully saturated rings.